The largest absolute Gasteiger partial charge is 0.353 e. The van der Waals surface area contributed by atoms with Crippen molar-refractivity contribution in [3.8, 4) is 0 Å². The molecule has 0 aliphatic carbocycles. The fourth-order valence-electron chi connectivity index (χ4n) is 1.06. The standard InChI is InChI=1S/C9H14NO/c1-2-3-4-5-6-9-7-8-11-10-9/h7H,2-6H2,1H3. The molecule has 0 aromatic carbocycles. The molecule has 1 aromatic rings. The molecule has 0 unspecified atom stereocenters. The van der Waals surface area contributed by atoms with E-state index in [0.717, 1.165) is 12.1 Å². The number of hydrogen-bond donors (Lipinski definition) is 0. The molecule has 0 saturated carbocycles. The first-order valence-electron chi connectivity index (χ1n) is 4.25. The minimum atomic E-state index is 1.03. The van der Waals surface area contributed by atoms with Crippen LogP contribution in [0.25, 0.3) is 0 Å². The minimum Gasteiger partial charge on any atom is -0.353 e. The summed E-state index contributed by atoms with van der Waals surface area (Å²) >= 11 is 0. The Morgan fingerprint density at radius 1 is 1.45 bits per heavy atom. The van der Waals surface area contributed by atoms with Gasteiger partial charge in [-0.05, 0) is 12.8 Å². The molecule has 0 atom stereocenters. The molecule has 1 heterocycles. The molecule has 1 aromatic heterocycles. The summed E-state index contributed by atoms with van der Waals surface area (Å²) in [6.07, 6.45) is 8.73. The lowest BCUT2D eigenvalue weighted by atomic mass is 10.1. The van der Waals surface area contributed by atoms with Crippen molar-refractivity contribution in [1.82, 2.24) is 5.16 Å². The van der Waals surface area contributed by atoms with Crippen molar-refractivity contribution in [3.63, 3.8) is 0 Å². The first-order valence-corrected chi connectivity index (χ1v) is 4.25. The van der Waals surface area contributed by atoms with Crippen LogP contribution in [0.1, 0.15) is 38.3 Å². The third-order valence-electron chi connectivity index (χ3n) is 1.73. The Labute approximate surface area is 67.6 Å². The first kappa shape index (κ1) is 8.31. The summed E-state index contributed by atoms with van der Waals surface area (Å²) in [5.41, 5.74) is 1.03. The van der Waals surface area contributed by atoms with Gasteiger partial charge in [-0.3, -0.25) is 0 Å². The number of hydrogen-bond acceptors (Lipinski definition) is 2. The van der Waals surface area contributed by atoms with Gasteiger partial charge in [0.1, 0.15) is 0 Å². The molecule has 2 heteroatoms. The van der Waals surface area contributed by atoms with Crippen molar-refractivity contribution in [2.45, 2.75) is 39.0 Å². The topological polar surface area (TPSA) is 26.0 Å². The van der Waals surface area contributed by atoms with Crippen LogP contribution in [0.2, 0.25) is 0 Å². The summed E-state index contributed by atoms with van der Waals surface area (Å²) in [5.74, 6) is 0. The van der Waals surface area contributed by atoms with E-state index in [4.69, 9.17) is 0 Å². The highest BCUT2D eigenvalue weighted by Gasteiger charge is 1.95. The lowest BCUT2D eigenvalue weighted by Crippen LogP contribution is -1.84. The summed E-state index contributed by atoms with van der Waals surface area (Å²) < 4.78 is 4.60. The van der Waals surface area contributed by atoms with Crippen LogP contribution in [0, 0.1) is 6.26 Å². The van der Waals surface area contributed by atoms with Gasteiger partial charge in [0.15, 0.2) is 0 Å². The smallest absolute Gasteiger partial charge is 0.205 e. The third kappa shape index (κ3) is 3.21. The van der Waals surface area contributed by atoms with Crippen LogP contribution < -0.4 is 0 Å². The molecule has 1 radical (unpaired) electrons. The predicted molar refractivity (Wildman–Crippen MR) is 43.2 cm³/mol. The second-order valence-corrected chi connectivity index (χ2v) is 2.75. The van der Waals surface area contributed by atoms with Crippen molar-refractivity contribution >= 4 is 0 Å². The van der Waals surface area contributed by atoms with Gasteiger partial charge in [0.05, 0.1) is 5.69 Å². The number of aromatic nitrogens is 1. The summed E-state index contributed by atoms with van der Waals surface area (Å²) in [6, 6.07) is 1.81. The number of unbranched alkanes of at least 4 members (excludes halogenated alkanes) is 3. The molecule has 0 spiro atoms. The third-order valence-corrected chi connectivity index (χ3v) is 1.73. The van der Waals surface area contributed by atoms with Gasteiger partial charge in [0.25, 0.3) is 0 Å². The van der Waals surface area contributed by atoms with E-state index in [1.54, 1.807) is 0 Å². The summed E-state index contributed by atoms with van der Waals surface area (Å²) in [7, 11) is 0. The molecule has 2 nitrogen and oxygen atoms in total. The lowest BCUT2D eigenvalue weighted by molar-refractivity contribution is 0.404. The van der Waals surface area contributed by atoms with Crippen LogP contribution in [0.15, 0.2) is 10.6 Å². The minimum absolute atomic E-state index is 1.03. The second-order valence-electron chi connectivity index (χ2n) is 2.75. The average Bonchev–Trinajstić information content (AvgIpc) is 2.50. The van der Waals surface area contributed by atoms with E-state index in [9.17, 15) is 0 Å². The molecule has 0 amide bonds. The van der Waals surface area contributed by atoms with E-state index >= 15 is 0 Å². The maximum absolute atomic E-state index is 4.60. The summed E-state index contributed by atoms with van der Waals surface area (Å²) in [6.45, 7) is 2.21. The zero-order valence-corrected chi connectivity index (χ0v) is 6.97. The quantitative estimate of drug-likeness (QED) is 0.606. The van der Waals surface area contributed by atoms with Gasteiger partial charge < -0.3 is 4.52 Å². The van der Waals surface area contributed by atoms with Crippen molar-refractivity contribution in [2.24, 2.45) is 0 Å². The van der Waals surface area contributed by atoms with Crippen LogP contribution in [0.5, 0.6) is 0 Å². The first-order chi connectivity index (χ1) is 5.43. The summed E-state index contributed by atoms with van der Waals surface area (Å²) in [5, 5.41) is 3.78. The molecule has 0 N–H and O–H groups in total. The molecule has 0 saturated heterocycles. The van der Waals surface area contributed by atoms with Crippen molar-refractivity contribution in [2.75, 3.05) is 0 Å². The summed E-state index contributed by atoms with van der Waals surface area (Å²) in [4.78, 5) is 0. The highest BCUT2D eigenvalue weighted by Crippen LogP contribution is 2.04. The maximum atomic E-state index is 4.60. The van der Waals surface area contributed by atoms with Gasteiger partial charge in [0.2, 0.25) is 6.26 Å². The Morgan fingerprint density at radius 3 is 3.00 bits per heavy atom. The van der Waals surface area contributed by atoms with E-state index in [-0.39, 0.29) is 0 Å². The number of nitrogens with zero attached hydrogens (tertiary/aromatic N) is 1. The maximum Gasteiger partial charge on any atom is 0.205 e. The predicted octanol–water partition coefficient (Wildman–Crippen LogP) is 2.60. The Bertz CT molecular complexity index is 170. The van der Waals surface area contributed by atoms with Crippen LogP contribution in [-0.4, -0.2) is 5.16 Å². The molecule has 0 aliphatic heterocycles. The van der Waals surface area contributed by atoms with E-state index in [1.807, 2.05) is 6.07 Å². The Balaban J connectivity index is 2.04. The highest BCUT2D eigenvalue weighted by atomic mass is 16.5. The van der Waals surface area contributed by atoms with Crippen molar-refractivity contribution in [1.29, 1.82) is 0 Å². The van der Waals surface area contributed by atoms with Gasteiger partial charge in [-0.2, -0.15) is 0 Å². The lowest BCUT2D eigenvalue weighted by Gasteiger charge is -1.94. The average molecular weight is 152 g/mol. The molecule has 0 bridgehead atoms. The van der Waals surface area contributed by atoms with Crippen LogP contribution >= 0.6 is 0 Å². The van der Waals surface area contributed by atoms with Crippen LogP contribution in [0.3, 0.4) is 0 Å². The molecule has 1 rings (SSSR count). The van der Waals surface area contributed by atoms with E-state index in [2.05, 4.69) is 22.9 Å². The van der Waals surface area contributed by atoms with Gasteiger partial charge in [-0.25, -0.2) is 0 Å². The van der Waals surface area contributed by atoms with E-state index in [0.29, 0.717) is 0 Å². The zero-order chi connectivity index (χ0) is 7.94. The van der Waals surface area contributed by atoms with Crippen LogP contribution in [0.4, 0.5) is 0 Å². The second kappa shape index (κ2) is 4.94. The Hall–Kier alpha value is -0.790. The zero-order valence-electron chi connectivity index (χ0n) is 6.97. The molecular weight excluding hydrogens is 138 g/mol. The van der Waals surface area contributed by atoms with E-state index < -0.39 is 0 Å². The Morgan fingerprint density at radius 2 is 2.36 bits per heavy atom. The monoisotopic (exact) mass is 152 g/mol. The Kier molecular flexibility index (Phi) is 3.73. The molecule has 11 heavy (non-hydrogen) atoms. The highest BCUT2D eigenvalue weighted by molar-refractivity contribution is 4.93. The molecule has 61 valence electrons. The van der Waals surface area contributed by atoms with E-state index in [1.165, 1.54) is 25.7 Å². The van der Waals surface area contributed by atoms with Crippen molar-refractivity contribution < 1.29 is 4.52 Å². The molecular formula is C9H14NO. The van der Waals surface area contributed by atoms with Gasteiger partial charge >= 0.3 is 0 Å². The SMILES string of the molecule is CCCCCCc1c[c]on1. The normalized spacial score (nSPS) is 10.3. The molecule has 0 aliphatic rings. The molecule has 0 fully saturated rings. The van der Waals surface area contributed by atoms with Crippen molar-refractivity contribution in [3.05, 3.63) is 18.0 Å². The van der Waals surface area contributed by atoms with Crippen LogP contribution in [-0.2, 0) is 6.42 Å². The van der Waals surface area contributed by atoms with Gasteiger partial charge in [-0.1, -0.05) is 31.3 Å². The van der Waals surface area contributed by atoms with Gasteiger partial charge in [0, 0.05) is 6.07 Å². The van der Waals surface area contributed by atoms with Gasteiger partial charge in [-0.15, -0.1) is 0 Å². The number of aryl methyl sites for hydroxylation is 1. The fraction of sp³-hybridized carbons (Fsp3) is 0.667. The number of rotatable bonds is 5. The fourth-order valence-corrected chi connectivity index (χ4v) is 1.06.